The molecule has 0 aromatic carbocycles. The largest absolute Gasteiger partial charge is 0.458 e. The van der Waals surface area contributed by atoms with Crippen LogP contribution in [0.4, 0.5) is 0 Å². The summed E-state index contributed by atoms with van der Waals surface area (Å²) in [5, 5.41) is 0. The second-order valence-electron chi connectivity index (χ2n) is 5.26. The third-order valence-electron chi connectivity index (χ3n) is 2.02. The Morgan fingerprint density at radius 1 is 0.810 bits per heavy atom. The van der Waals surface area contributed by atoms with Gasteiger partial charge in [0.25, 0.3) is 0 Å². The van der Waals surface area contributed by atoms with Gasteiger partial charge in [0, 0.05) is 6.54 Å². The number of carbonyl (C=O) groups excluding carboxylic acids is 1. The smallest absolute Gasteiger partial charge is 0.332 e. The van der Waals surface area contributed by atoms with Crippen molar-refractivity contribution in [3.8, 4) is 0 Å². The highest BCUT2D eigenvalue weighted by Crippen LogP contribution is 2.06. The average molecular weight is 307 g/mol. The van der Waals surface area contributed by atoms with E-state index in [1.807, 2.05) is 20.8 Å². The normalized spacial score (nSPS) is 11.6. The fourth-order valence-corrected chi connectivity index (χ4v) is 1.27. The molecule has 0 saturated carbocycles. The number of rotatable bonds is 13. The monoisotopic (exact) mass is 307 g/mol. The molecule has 0 heterocycles. The van der Waals surface area contributed by atoms with Crippen molar-refractivity contribution < 1.29 is 28.5 Å². The molecule has 7 heteroatoms. The van der Waals surface area contributed by atoms with Crippen molar-refractivity contribution in [2.75, 3.05) is 59.4 Å². The number of nitrogens with two attached hydrogens (primary N) is 1. The first-order valence-corrected chi connectivity index (χ1v) is 7.18. The van der Waals surface area contributed by atoms with Gasteiger partial charge in [0.2, 0.25) is 0 Å². The molecule has 0 fully saturated rings. The lowest BCUT2D eigenvalue weighted by Crippen LogP contribution is -2.27. The summed E-state index contributed by atoms with van der Waals surface area (Å²) in [7, 11) is 0. The van der Waals surface area contributed by atoms with Crippen LogP contribution in [0.15, 0.2) is 0 Å². The van der Waals surface area contributed by atoms with Crippen LogP contribution in [-0.4, -0.2) is 71.0 Å². The quantitative estimate of drug-likeness (QED) is 0.388. The molecule has 0 rings (SSSR count). The van der Waals surface area contributed by atoms with Crippen LogP contribution in [0.5, 0.6) is 0 Å². The summed E-state index contributed by atoms with van der Waals surface area (Å²) in [6.07, 6.45) is 0. The Balaban J connectivity index is 3.17. The van der Waals surface area contributed by atoms with Crippen LogP contribution < -0.4 is 5.73 Å². The SMILES string of the molecule is CC(C)(C)OC(=O)COCCOCCOCCOCCN. The van der Waals surface area contributed by atoms with Gasteiger partial charge in [-0.25, -0.2) is 4.79 Å². The number of hydrogen-bond acceptors (Lipinski definition) is 7. The highest BCUT2D eigenvalue weighted by atomic mass is 16.6. The van der Waals surface area contributed by atoms with Gasteiger partial charge < -0.3 is 29.4 Å². The summed E-state index contributed by atoms with van der Waals surface area (Å²) >= 11 is 0. The second-order valence-corrected chi connectivity index (χ2v) is 5.26. The Morgan fingerprint density at radius 3 is 1.67 bits per heavy atom. The molecule has 0 atom stereocenters. The van der Waals surface area contributed by atoms with Gasteiger partial charge in [-0.15, -0.1) is 0 Å². The van der Waals surface area contributed by atoms with Crippen molar-refractivity contribution in [3.05, 3.63) is 0 Å². The van der Waals surface area contributed by atoms with Gasteiger partial charge in [0.05, 0.1) is 46.2 Å². The van der Waals surface area contributed by atoms with E-state index in [2.05, 4.69) is 0 Å². The van der Waals surface area contributed by atoms with Crippen molar-refractivity contribution in [2.24, 2.45) is 5.73 Å². The molecule has 0 amide bonds. The molecule has 0 aliphatic carbocycles. The maximum absolute atomic E-state index is 11.3. The Bertz CT molecular complexity index is 254. The van der Waals surface area contributed by atoms with Crippen LogP contribution in [0, 0.1) is 0 Å². The highest BCUT2D eigenvalue weighted by molar-refractivity contribution is 5.71. The first kappa shape index (κ1) is 20.3. The molecule has 0 bridgehead atoms. The van der Waals surface area contributed by atoms with Crippen LogP contribution in [0.25, 0.3) is 0 Å². The summed E-state index contributed by atoms with van der Waals surface area (Å²) in [6, 6.07) is 0. The predicted octanol–water partition coefficient (Wildman–Crippen LogP) is 0.353. The maximum Gasteiger partial charge on any atom is 0.332 e. The zero-order valence-electron chi connectivity index (χ0n) is 13.4. The van der Waals surface area contributed by atoms with Crippen molar-refractivity contribution in [2.45, 2.75) is 26.4 Å². The molecule has 0 aliphatic rings. The molecule has 2 N–H and O–H groups in total. The fourth-order valence-electron chi connectivity index (χ4n) is 1.27. The predicted molar refractivity (Wildman–Crippen MR) is 78.2 cm³/mol. The van der Waals surface area contributed by atoms with Crippen LogP contribution in [0.1, 0.15) is 20.8 Å². The number of esters is 1. The Hall–Kier alpha value is -0.730. The lowest BCUT2D eigenvalue weighted by atomic mass is 10.2. The molecule has 0 aromatic heterocycles. The second kappa shape index (κ2) is 13.0. The van der Waals surface area contributed by atoms with Crippen molar-refractivity contribution in [3.63, 3.8) is 0 Å². The van der Waals surface area contributed by atoms with E-state index in [0.717, 1.165) is 0 Å². The van der Waals surface area contributed by atoms with Gasteiger partial charge in [-0.2, -0.15) is 0 Å². The minimum atomic E-state index is -0.484. The lowest BCUT2D eigenvalue weighted by Gasteiger charge is -2.19. The Labute approximate surface area is 127 Å². The summed E-state index contributed by atoms with van der Waals surface area (Å²) in [5.41, 5.74) is 4.79. The van der Waals surface area contributed by atoms with Gasteiger partial charge in [-0.3, -0.25) is 0 Å². The van der Waals surface area contributed by atoms with Crippen LogP contribution in [-0.2, 0) is 28.5 Å². The van der Waals surface area contributed by atoms with E-state index in [0.29, 0.717) is 52.8 Å². The Kier molecular flexibility index (Phi) is 12.5. The zero-order chi connectivity index (χ0) is 16.0. The molecule has 21 heavy (non-hydrogen) atoms. The van der Waals surface area contributed by atoms with Crippen molar-refractivity contribution >= 4 is 5.97 Å². The molecule has 0 radical (unpaired) electrons. The molecule has 0 unspecified atom stereocenters. The van der Waals surface area contributed by atoms with E-state index in [9.17, 15) is 4.79 Å². The molecule has 0 spiro atoms. The van der Waals surface area contributed by atoms with Crippen molar-refractivity contribution in [1.29, 1.82) is 0 Å². The van der Waals surface area contributed by atoms with Crippen LogP contribution >= 0.6 is 0 Å². The molecule has 7 nitrogen and oxygen atoms in total. The summed E-state index contributed by atoms with van der Waals surface area (Å²) in [4.78, 5) is 11.3. The van der Waals surface area contributed by atoms with Crippen molar-refractivity contribution in [1.82, 2.24) is 0 Å². The highest BCUT2D eigenvalue weighted by Gasteiger charge is 2.15. The van der Waals surface area contributed by atoms with Gasteiger partial charge in [-0.1, -0.05) is 0 Å². The van der Waals surface area contributed by atoms with Gasteiger partial charge in [0.1, 0.15) is 12.2 Å². The van der Waals surface area contributed by atoms with Gasteiger partial charge in [0.15, 0.2) is 0 Å². The topological polar surface area (TPSA) is 89.2 Å². The molecule has 0 aliphatic heterocycles. The van der Waals surface area contributed by atoms with Gasteiger partial charge >= 0.3 is 5.97 Å². The third-order valence-corrected chi connectivity index (χ3v) is 2.02. The van der Waals surface area contributed by atoms with E-state index < -0.39 is 5.60 Å². The number of hydrogen-bond donors (Lipinski definition) is 1. The fraction of sp³-hybridized carbons (Fsp3) is 0.929. The minimum Gasteiger partial charge on any atom is -0.458 e. The Morgan fingerprint density at radius 2 is 1.24 bits per heavy atom. The molecule has 126 valence electrons. The summed E-state index contributed by atoms with van der Waals surface area (Å²) < 4.78 is 25.9. The van der Waals surface area contributed by atoms with E-state index >= 15 is 0 Å². The van der Waals surface area contributed by atoms with E-state index in [1.54, 1.807) is 0 Å². The zero-order valence-corrected chi connectivity index (χ0v) is 13.4. The number of carbonyl (C=O) groups is 1. The number of ether oxygens (including phenoxy) is 5. The first-order chi connectivity index (χ1) is 9.95. The van der Waals surface area contributed by atoms with E-state index in [-0.39, 0.29) is 12.6 Å². The van der Waals surface area contributed by atoms with Gasteiger partial charge in [-0.05, 0) is 20.8 Å². The standard InChI is InChI=1S/C14H29NO6/c1-14(2,3)21-13(16)12-20-11-10-19-9-8-18-7-6-17-5-4-15/h4-12,15H2,1-3H3. The molecule has 0 saturated heterocycles. The third kappa shape index (κ3) is 17.2. The molecule has 0 aromatic rings. The van der Waals surface area contributed by atoms with Crippen LogP contribution in [0.3, 0.4) is 0 Å². The summed E-state index contributed by atoms with van der Waals surface area (Å²) in [5.74, 6) is -0.372. The molecular formula is C14H29NO6. The average Bonchev–Trinajstić information content (AvgIpc) is 2.38. The maximum atomic E-state index is 11.3. The summed E-state index contributed by atoms with van der Waals surface area (Å²) in [6.45, 7) is 9.25. The van der Waals surface area contributed by atoms with Crippen LogP contribution in [0.2, 0.25) is 0 Å². The molecular weight excluding hydrogens is 278 g/mol. The first-order valence-electron chi connectivity index (χ1n) is 7.18. The van der Waals surface area contributed by atoms with E-state index in [4.69, 9.17) is 29.4 Å². The minimum absolute atomic E-state index is 0.0599. The lowest BCUT2D eigenvalue weighted by molar-refractivity contribution is -0.160. The van der Waals surface area contributed by atoms with E-state index in [1.165, 1.54) is 0 Å².